The van der Waals surface area contributed by atoms with Crippen LogP contribution in [-0.2, 0) is 6.54 Å². The van der Waals surface area contributed by atoms with Gasteiger partial charge in [-0.05, 0) is 19.1 Å². The zero-order valence-corrected chi connectivity index (χ0v) is 10.7. The summed E-state index contributed by atoms with van der Waals surface area (Å²) in [6.45, 7) is 2.38. The molecule has 2 aromatic heterocycles. The van der Waals surface area contributed by atoms with Crippen molar-refractivity contribution in [2.75, 3.05) is 0 Å². The molecular formula is C11H10ClN3OS. The van der Waals surface area contributed by atoms with Gasteiger partial charge in [-0.25, -0.2) is 9.97 Å². The second-order valence-electron chi connectivity index (χ2n) is 3.37. The summed E-state index contributed by atoms with van der Waals surface area (Å²) in [4.78, 5) is 20.8. The van der Waals surface area contributed by atoms with Gasteiger partial charge in [0.2, 0.25) is 0 Å². The maximum atomic E-state index is 11.7. The van der Waals surface area contributed by atoms with Crippen molar-refractivity contribution in [1.29, 1.82) is 0 Å². The van der Waals surface area contributed by atoms with Gasteiger partial charge in [0.15, 0.2) is 0 Å². The topological polar surface area (TPSA) is 54.9 Å². The SMILES string of the molecule is Cc1ncc(CNC(=O)c2cccc(Cl)n2)s1. The molecule has 1 N–H and O–H groups in total. The second-order valence-corrected chi connectivity index (χ2v) is 5.08. The minimum atomic E-state index is -0.237. The van der Waals surface area contributed by atoms with Crippen LogP contribution >= 0.6 is 22.9 Å². The van der Waals surface area contributed by atoms with E-state index in [1.54, 1.807) is 35.7 Å². The van der Waals surface area contributed by atoms with E-state index < -0.39 is 0 Å². The van der Waals surface area contributed by atoms with Crippen molar-refractivity contribution in [2.24, 2.45) is 0 Å². The van der Waals surface area contributed by atoms with E-state index in [-0.39, 0.29) is 5.91 Å². The lowest BCUT2D eigenvalue weighted by molar-refractivity contribution is 0.0946. The predicted octanol–water partition coefficient (Wildman–Crippen LogP) is 2.43. The summed E-state index contributed by atoms with van der Waals surface area (Å²) in [6.07, 6.45) is 1.76. The summed E-state index contributed by atoms with van der Waals surface area (Å²) < 4.78 is 0. The van der Waals surface area contributed by atoms with Gasteiger partial charge in [0, 0.05) is 11.1 Å². The van der Waals surface area contributed by atoms with Gasteiger partial charge < -0.3 is 5.32 Å². The summed E-state index contributed by atoms with van der Waals surface area (Å²) in [7, 11) is 0. The number of hydrogen-bond donors (Lipinski definition) is 1. The van der Waals surface area contributed by atoms with Crippen molar-refractivity contribution in [3.05, 3.63) is 45.1 Å². The van der Waals surface area contributed by atoms with Crippen LogP contribution in [0.3, 0.4) is 0 Å². The molecule has 6 heteroatoms. The van der Waals surface area contributed by atoms with Gasteiger partial charge in [-0.15, -0.1) is 11.3 Å². The van der Waals surface area contributed by atoms with Crippen LogP contribution in [0.15, 0.2) is 24.4 Å². The highest BCUT2D eigenvalue weighted by Crippen LogP contribution is 2.11. The van der Waals surface area contributed by atoms with Gasteiger partial charge in [-0.3, -0.25) is 4.79 Å². The largest absolute Gasteiger partial charge is 0.346 e. The summed E-state index contributed by atoms with van der Waals surface area (Å²) in [5.41, 5.74) is 0.318. The molecule has 2 rings (SSSR count). The zero-order valence-electron chi connectivity index (χ0n) is 9.11. The van der Waals surface area contributed by atoms with E-state index in [0.29, 0.717) is 17.4 Å². The van der Waals surface area contributed by atoms with Crippen LogP contribution in [0.5, 0.6) is 0 Å². The lowest BCUT2D eigenvalue weighted by Crippen LogP contribution is -2.23. The quantitative estimate of drug-likeness (QED) is 0.869. The summed E-state index contributed by atoms with van der Waals surface area (Å²) >= 11 is 7.27. The van der Waals surface area contributed by atoms with E-state index in [1.807, 2.05) is 6.92 Å². The molecule has 0 unspecified atom stereocenters. The molecule has 0 aromatic carbocycles. The van der Waals surface area contributed by atoms with Crippen molar-refractivity contribution in [2.45, 2.75) is 13.5 Å². The molecule has 0 aliphatic rings. The third-order valence-electron chi connectivity index (χ3n) is 2.04. The molecule has 0 fully saturated rings. The fourth-order valence-electron chi connectivity index (χ4n) is 1.28. The molecule has 0 radical (unpaired) electrons. The average molecular weight is 268 g/mol. The van der Waals surface area contributed by atoms with Gasteiger partial charge in [0.1, 0.15) is 10.8 Å². The number of nitrogens with zero attached hydrogens (tertiary/aromatic N) is 2. The second kappa shape index (κ2) is 5.25. The Morgan fingerprint density at radius 2 is 2.35 bits per heavy atom. The van der Waals surface area contributed by atoms with E-state index in [1.165, 1.54) is 0 Å². The maximum Gasteiger partial charge on any atom is 0.270 e. The molecule has 2 aromatic rings. The average Bonchev–Trinajstić information content (AvgIpc) is 2.72. The molecule has 17 heavy (non-hydrogen) atoms. The van der Waals surface area contributed by atoms with Crippen LogP contribution in [0.4, 0.5) is 0 Å². The molecule has 2 heterocycles. The first-order valence-electron chi connectivity index (χ1n) is 4.97. The number of carbonyl (C=O) groups excluding carboxylic acids is 1. The van der Waals surface area contributed by atoms with Crippen LogP contribution in [0.1, 0.15) is 20.4 Å². The molecule has 0 saturated heterocycles. The lowest BCUT2D eigenvalue weighted by atomic mass is 10.3. The Morgan fingerprint density at radius 3 is 3.00 bits per heavy atom. The first kappa shape index (κ1) is 12.0. The van der Waals surface area contributed by atoms with Gasteiger partial charge in [0.25, 0.3) is 5.91 Å². The van der Waals surface area contributed by atoms with Crippen molar-refractivity contribution in [1.82, 2.24) is 15.3 Å². The highest BCUT2D eigenvalue weighted by atomic mass is 35.5. The molecular weight excluding hydrogens is 258 g/mol. The molecule has 88 valence electrons. The Morgan fingerprint density at radius 1 is 1.53 bits per heavy atom. The normalized spacial score (nSPS) is 10.2. The molecule has 0 aliphatic carbocycles. The van der Waals surface area contributed by atoms with Crippen LogP contribution in [-0.4, -0.2) is 15.9 Å². The van der Waals surface area contributed by atoms with Crippen LogP contribution in [0, 0.1) is 6.92 Å². The lowest BCUT2D eigenvalue weighted by Gasteiger charge is -2.02. The van der Waals surface area contributed by atoms with Gasteiger partial charge >= 0.3 is 0 Å². The first-order chi connectivity index (χ1) is 8.15. The Bertz CT molecular complexity index is 541. The molecule has 0 atom stereocenters. The predicted molar refractivity (Wildman–Crippen MR) is 67.3 cm³/mol. The molecule has 0 spiro atoms. The molecule has 1 amide bonds. The highest BCUT2D eigenvalue weighted by Gasteiger charge is 2.07. The smallest absolute Gasteiger partial charge is 0.270 e. The van der Waals surface area contributed by atoms with E-state index in [9.17, 15) is 4.79 Å². The molecule has 0 aliphatic heterocycles. The summed E-state index contributed by atoms with van der Waals surface area (Å²) in [6, 6.07) is 4.95. The van der Waals surface area contributed by atoms with Crippen molar-refractivity contribution >= 4 is 28.8 Å². The van der Waals surface area contributed by atoms with Crippen LogP contribution in [0.2, 0.25) is 5.15 Å². The van der Waals surface area contributed by atoms with Gasteiger partial charge in [-0.2, -0.15) is 0 Å². The Labute approximate surface area is 108 Å². The number of carbonyl (C=O) groups is 1. The minimum absolute atomic E-state index is 0.237. The number of amides is 1. The monoisotopic (exact) mass is 267 g/mol. The highest BCUT2D eigenvalue weighted by molar-refractivity contribution is 7.11. The molecule has 4 nitrogen and oxygen atoms in total. The van der Waals surface area contributed by atoms with E-state index >= 15 is 0 Å². The third kappa shape index (κ3) is 3.25. The number of aryl methyl sites for hydroxylation is 1. The third-order valence-corrected chi connectivity index (χ3v) is 3.16. The Balaban J connectivity index is 1.98. The molecule has 0 bridgehead atoms. The van der Waals surface area contributed by atoms with Crippen LogP contribution in [0.25, 0.3) is 0 Å². The van der Waals surface area contributed by atoms with Gasteiger partial charge in [-0.1, -0.05) is 17.7 Å². The maximum absolute atomic E-state index is 11.7. The fraction of sp³-hybridized carbons (Fsp3) is 0.182. The number of aromatic nitrogens is 2. The van der Waals surface area contributed by atoms with E-state index in [2.05, 4.69) is 15.3 Å². The van der Waals surface area contributed by atoms with Crippen molar-refractivity contribution < 1.29 is 4.79 Å². The van der Waals surface area contributed by atoms with Crippen LogP contribution < -0.4 is 5.32 Å². The number of pyridine rings is 1. The number of hydrogen-bond acceptors (Lipinski definition) is 4. The first-order valence-corrected chi connectivity index (χ1v) is 6.16. The number of nitrogens with one attached hydrogen (secondary N) is 1. The number of halogens is 1. The fourth-order valence-corrected chi connectivity index (χ4v) is 2.18. The van der Waals surface area contributed by atoms with E-state index in [4.69, 9.17) is 11.6 Å². The standard InChI is InChI=1S/C11H10ClN3OS/c1-7-13-5-8(17-7)6-14-11(16)9-3-2-4-10(12)15-9/h2-5H,6H2,1H3,(H,14,16). The minimum Gasteiger partial charge on any atom is -0.346 e. The van der Waals surface area contributed by atoms with Gasteiger partial charge in [0.05, 0.1) is 11.6 Å². The van der Waals surface area contributed by atoms with Crippen molar-refractivity contribution in [3.8, 4) is 0 Å². The number of rotatable bonds is 3. The Hall–Kier alpha value is -1.46. The molecule has 0 saturated carbocycles. The summed E-state index contributed by atoms with van der Waals surface area (Å²) in [5, 5.41) is 4.06. The summed E-state index contributed by atoms with van der Waals surface area (Å²) in [5.74, 6) is -0.237. The van der Waals surface area contributed by atoms with Crippen molar-refractivity contribution in [3.63, 3.8) is 0 Å². The van der Waals surface area contributed by atoms with E-state index in [0.717, 1.165) is 9.88 Å². The number of thiazole rings is 1. The zero-order chi connectivity index (χ0) is 12.3. The Kier molecular flexibility index (Phi) is 3.71.